The SMILES string of the molecule is Cc1cccc(OC(=O)CCc2cccc(F)c2)c1. The van der Waals surface area contributed by atoms with Crippen molar-refractivity contribution in [3.8, 4) is 5.75 Å². The predicted octanol–water partition coefficient (Wildman–Crippen LogP) is 3.67. The van der Waals surface area contributed by atoms with Crippen LogP contribution in [-0.2, 0) is 11.2 Å². The van der Waals surface area contributed by atoms with Gasteiger partial charge in [0.1, 0.15) is 11.6 Å². The van der Waals surface area contributed by atoms with E-state index in [1.165, 1.54) is 12.1 Å². The summed E-state index contributed by atoms with van der Waals surface area (Å²) in [4.78, 5) is 11.7. The quantitative estimate of drug-likeness (QED) is 0.617. The van der Waals surface area contributed by atoms with Crippen LogP contribution >= 0.6 is 0 Å². The van der Waals surface area contributed by atoms with E-state index < -0.39 is 0 Å². The Kier molecular flexibility index (Phi) is 4.29. The first-order valence-corrected chi connectivity index (χ1v) is 6.15. The van der Waals surface area contributed by atoms with Crippen LogP contribution in [0.25, 0.3) is 0 Å². The molecule has 0 spiro atoms. The second kappa shape index (κ2) is 6.14. The van der Waals surface area contributed by atoms with Crippen molar-refractivity contribution in [2.45, 2.75) is 19.8 Å². The van der Waals surface area contributed by atoms with Gasteiger partial charge >= 0.3 is 5.97 Å². The van der Waals surface area contributed by atoms with Crippen molar-refractivity contribution < 1.29 is 13.9 Å². The van der Waals surface area contributed by atoms with Gasteiger partial charge in [0, 0.05) is 6.42 Å². The minimum atomic E-state index is -0.310. The molecule has 0 aliphatic carbocycles. The summed E-state index contributed by atoms with van der Waals surface area (Å²) in [5.74, 6) is -0.0522. The molecule has 0 saturated carbocycles. The van der Waals surface area contributed by atoms with E-state index in [0.29, 0.717) is 12.2 Å². The number of rotatable bonds is 4. The standard InChI is InChI=1S/C16H15FO2/c1-12-4-2-7-15(10-12)19-16(18)9-8-13-5-3-6-14(17)11-13/h2-7,10-11H,8-9H2,1H3. The molecule has 0 fully saturated rings. The second-order valence-electron chi connectivity index (χ2n) is 4.42. The molecule has 0 unspecified atom stereocenters. The summed E-state index contributed by atoms with van der Waals surface area (Å²) in [6.45, 7) is 1.93. The zero-order valence-corrected chi connectivity index (χ0v) is 10.7. The predicted molar refractivity (Wildman–Crippen MR) is 71.5 cm³/mol. The van der Waals surface area contributed by atoms with Gasteiger partial charge in [0.2, 0.25) is 0 Å². The van der Waals surface area contributed by atoms with Crippen molar-refractivity contribution in [2.24, 2.45) is 0 Å². The molecule has 0 heterocycles. The van der Waals surface area contributed by atoms with Crippen molar-refractivity contribution in [3.63, 3.8) is 0 Å². The van der Waals surface area contributed by atoms with Crippen LogP contribution in [0.3, 0.4) is 0 Å². The zero-order valence-electron chi connectivity index (χ0n) is 10.7. The average Bonchev–Trinajstić information content (AvgIpc) is 2.36. The van der Waals surface area contributed by atoms with Gasteiger partial charge in [-0.15, -0.1) is 0 Å². The summed E-state index contributed by atoms with van der Waals surface area (Å²) in [6.07, 6.45) is 0.708. The molecule has 2 nitrogen and oxygen atoms in total. The maximum Gasteiger partial charge on any atom is 0.311 e. The first-order chi connectivity index (χ1) is 9.13. The number of aryl methyl sites for hydroxylation is 2. The zero-order chi connectivity index (χ0) is 13.7. The number of carbonyl (C=O) groups excluding carboxylic acids is 1. The molecule has 0 bridgehead atoms. The molecule has 19 heavy (non-hydrogen) atoms. The van der Waals surface area contributed by atoms with Crippen LogP contribution in [0.5, 0.6) is 5.75 Å². The smallest absolute Gasteiger partial charge is 0.311 e. The average molecular weight is 258 g/mol. The maximum atomic E-state index is 13.0. The summed E-state index contributed by atoms with van der Waals surface area (Å²) in [7, 11) is 0. The number of hydrogen-bond donors (Lipinski definition) is 0. The highest BCUT2D eigenvalue weighted by atomic mass is 19.1. The van der Waals surface area contributed by atoms with Gasteiger partial charge in [0.05, 0.1) is 0 Å². The summed E-state index contributed by atoms with van der Waals surface area (Å²) < 4.78 is 18.2. The number of ether oxygens (including phenoxy) is 1. The Balaban J connectivity index is 1.88. The molecular formula is C16H15FO2. The monoisotopic (exact) mass is 258 g/mol. The van der Waals surface area contributed by atoms with Gasteiger partial charge in [0.25, 0.3) is 0 Å². The van der Waals surface area contributed by atoms with Crippen molar-refractivity contribution in [2.75, 3.05) is 0 Å². The van der Waals surface area contributed by atoms with E-state index in [2.05, 4.69) is 0 Å². The first kappa shape index (κ1) is 13.3. The maximum absolute atomic E-state index is 13.0. The fourth-order valence-corrected chi connectivity index (χ4v) is 1.80. The van der Waals surface area contributed by atoms with Crippen molar-refractivity contribution in [1.29, 1.82) is 0 Å². The minimum Gasteiger partial charge on any atom is -0.427 e. The normalized spacial score (nSPS) is 10.2. The molecule has 2 rings (SSSR count). The number of hydrogen-bond acceptors (Lipinski definition) is 2. The lowest BCUT2D eigenvalue weighted by molar-refractivity contribution is -0.134. The largest absolute Gasteiger partial charge is 0.427 e. The third kappa shape index (κ3) is 4.21. The molecule has 0 amide bonds. The molecule has 2 aromatic carbocycles. The molecule has 0 aliphatic heterocycles. The van der Waals surface area contributed by atoms with Crippen molar-refractivity contribution in [3.05, 3.63) is 65.5 Å². The molecule has 0 N–H and O–H groups in total. The van der Waals surface area contributed by atoms with Gasteiger partial charge < -0.3 is 4.74 Å². The third-order valence-corrected chi connectivity index (χ3v) is 2.73. The summed E-state index contributed by atoms with van der Waals surface area (Å²) in [5.41, 5.74) is 1.83. The van der Waals surface area contributed by atoms with Crippen molar-refractivity contribution in [1.82, 2.24) is 0 Å². The second-order valence-corrected chi connectivity index (χ2v) is 4.42. The lowest BCUT2D eigenvalue weighted by Gasteiger charge is -2.05. The number of halogens is 1. The Bertz CT molecular complexity index is 578. The van der Waals surface area contributed by atoms with Crippen LogP contribution in [0.2, 0.25) is 0 Å². The van der Waals surface area contributed by atoms with E-state index in [9.17, 15) is 9.18 Å². The van der Waals surface area contributed by atoms with Gasteiger partial charge in [-0.05, 0) is 48.7 Å². The molecule has 0 aliphatic rings. The summed E-state index contributed by atoms with van der Waals surface area (Å²) >= 11 is 0. The molecule has 0 radical (unpaired) electrons. The van der Waals surface area contributed by atoms with E-state index in [1.54, 1.807) is 24.3 Å². The minimum absolute atomic E-state index is 0.234. The molecule has 98 valence electrons. The molecule has 0 atom stereocenters. The number of benzene rings is 2. The van der Waals surface area contributed by atoms with Gasteiger partial charge in [0.15, 0.2) is 0 Å². The van der Waals surface area contributed by atoms with Crippen molar-refractivity contribution >= 4 is 5.97 Å². The highest BCUT2D eigenvalue weighted by molar-refractivity contribution is 5.72. The van der Waals surface area contributed by atoms with E-state index in [1.807, 2.05) is 19.1 Å². The Morgan fingerprint density at radius 1 is 1.16 bits per heavy atom. The summed E-state index contributed by atoms with van der Waals surface area (Å²) in [5, 5.41) is 0. The Morgan fingerprint density at radius 2 is 1.95 bits per heavy atom. The summed E-state index contributed by atoms with van der Waals surface area (Å²) in [6, 6.07) is 13.6. The van der Waals surface area contributed by atoms with Gasteiger partial charge in [-0.25, -0.2) is 4.39 Å². The van der Waals surface area contributed by atoms with Gasteiger partial charge in [-0.2, -0.15) is 0 Å². The Morgan fingerprint density at radius 3 is 2.68 bits per heavy atom. The van der Waals surface area contributed by atoms with Crippen LogP contribution in [0, 0.1) is 12.7 Å². The first-order valence-electron chi connectivity index (χ1n) is 6.15. The van der Waals surface area contributed by atoms with Crippen LogP contribution in [0.4, 0.5) is 4.39 Å². The molecular weight excluding hydrogens is 243 g/mol. The molecule has 2 aromatic rings. The van der Waals surface area contributed by atoms with E-state index >= 15 is 0 Å². The molecule has 3 heteroatoms. The van der Waals surface area contributed by atoms with Crippen LogP contribution in [0.15, 0.2) is 48.5 Å². The highest BCUT2D eigenvalue weighted by Gasteiger charge is 2.06. The van der Waals surface area contributed by atoms with Gasteiger partial charge in [-0.1, -0.05) is 24.3 Å². The fourth-order valence-electron chi connectivity index (χ4n) is 1.80. The Hall–Kier alpha value is -2.16. The molecule has 0 saturated heterocycles. The highest BCUT2D eigenvalue weighted by Crippen LogP contribution is 2.14. The van der Waals surface area contributed by atoms with E-state index in [-0.39, 0.29) is 18.2 Å². The number of carbonyl (C=O) groups is 1. The van der Waals surface area contributed by atoms with Crippen LogP contribution in [0.1, 0.15) is 17.5 Å². The van der Waals surface area contributed by atoms with E-state index in [4.69, 9.17) is 4.74 Å². The third-order valence-electron chi connectivity index (χ3n) is 2.73. The molecule has 0 aromatic heterocycles. The topological polar surface area (TPSA) is 26.3 Å². The van der Waals surface area contributed by atoms with Crippen LogP contribution < -0.4 is 4.74 Å². The lowest BCUT2D eigenvalue weighted by Crippen LogP contribution is -2.09. The van der Waals surface area contributed by atoms with Gasteiger partial charge in [-0.3, -0.25) is 4.79 Å². The fraction of sp³-hybridized carbons (Fsp3) is 0.188. The van der Waals surface area contributed by atoms with Crippen LogP contribution in [-0.4, -0.2) is 5.97 Å². The lowest BCUT2D eigenvalue weighted by atomic mass is 10.1. The Labute approximate surface area is 111 Å². The number of esters is 1. The van der Waals surface area contributed by atoms with E-state index in [0.717, 1.165) is 11.1 Å².